The van der Waals surface area contributed by atoms with Gasteiger partial charge in [0.25, 0.3) is 0 Å². The summed E-state index contributed by atoms with van der Waals surface area (Å²) < 4.78 is 5.50. The molecular weight excluding hydrogens is 242 g/mol. The van der Waals surface area contributed by atoms with E-state index in [1.807, 2.05) is 33.0 Å². The van der Waals surface area contributed by atoms with Crippen molar-refractivity contribution in [1.29, 1.82) is 0 Å². The molecule has 4 heteroatoms. The molecule has 0 aliphatic heterocycles. The fourth-order valence-electron chi connectivity index (χ4n) is 1.83. The molecular formula is C15H23NO3. The molecule has 1 atom stereocenters. The highest BCUT2D eigenvalue weighted by Gasteiger charge is 2.12. The lowest BCUT2D eigenvalue weighted by atomic mass is 10.1. The van der Waals surface area contributed by atoms with Crippen LogP contribution in [-0.4, -0.2) is 31.3 Å². The Morgan fingerprint density at radius 3 is 2.68 bits per heavy atom. The minimum absolute atomic E-state index is 0.314. The number of anilines is 1. The van der Waals surface area contributed by atoms with Crippen LogP contribution in [0.1, 0.15) is 25.8 Å². The van der Waals surface area contributed by atoms with E-state index in [1.54, 1.807) is 6.92 Å². The molecule has 106 valence electrons. The number of nitrogens with zero attached hydrogens (tertiary/aromatic N) is 1. The van der Waals surface area contributed by atoms with Crippen LogP contribution in [-0.2, 0) is 4.79 Å². The second-order valence-electron chi connectivity index (χ2n) is 4.83. The van der Waals surface area contributed by atoms with E-state index in [-0.39, 0.29) is 5.92 Å². The van der Waals surface area contributed by atoms with Crippen molar-refractivity contribution >= 4 is 11.7 Å². The van der Waals surface area contributed by atoms with Gasteiger partial charge in [-0.15, -0.1) is 0 Å². The second kappa shape index (κ2) is 7.02. The SMILES string of the molecule is CCOc1ccc(N(C)CCC(C)C(=O)O)cc1C. The summed E-state index contributed by atoms with van der Waals surface area (Å²) in [5, 5.41) is 8.87. The van der Waals surface area contributed by atoms with Gasteiger partial charge in [-0.05, 0) is 44.0 Å². The third-order valence-corrected chi connectivity index (χ3v) is 3.22. The van der Waals surface area contributed by atoms with E-state index in [9.17, 15) is 4.79 Å². The first-order chi connectivity index (χ1) is 8.95. The second-order valence-corrected chi connectivity index (χ2v) is 4.83. The van der Waals surface area contributed by atoms with Crippen molar-refractivity contribution in [1.82, 2.24) is 0 Å². The summed E-state index contributed by atoms with van der Waals surface area (Å²) in [6.45, 7) is 7.10. The molecule has 0 amide bonds. The smallest absolute Gasteiger partial charge is 0.306 e. The zero-order chi connectivity index (χ0) is 14.4. The minimum Gasteiger partial charge on any atom is -0.494 e. The van der Waals surface area contributed by atoms with Crippen molar-refractivity contribution in [2.75, 3.05) is 25.1 Å². The molecule has 19 heavy (non-hydrogen) atoms. The van der Waals surface area contributed by atoms with Crippen molar-refractivity contribution in [3.05, 3.63) is 23.8 Å². The van der Waals surface area contributed by atoms with Crippen LogP contribution in [0.4, 0.5) is 5.69 Å². The molecule has 1 unspecified atom stereocenters. The van der Waals surface area contributed by atoms with Gasteiger partial charge in [0.15, 0.2) is 0 Å². The van der Waals surface area contributed by atoms with E-state index >= 15 is 0 Å². The quantitative estimate of drug-likeness (QED) is 0.823. The summed E-state index contributed by atoms with van der Waals surface area (Å²) in [6, 6.07) is 6.03. The van der Waals surface area contributed by atoms with E-state index in [1.165, 1.54) is 0 Å². The van der Waals surface area contributed by atoms with Crippen molar-refractivity contribution in [3.8, 4) is 5.75 Å². The number of aliphatic carboxylic acids is 1. The van der Waals surface area contributed by atoms with Gasteiger partial charge in [-0.1, -0.05) is 6.92 Å². The number of carboxylic acids is 1. The molecule has 4 nitrogen and oxygen atoms in total. The Labute approximate surface area is 115 Å². The molecule has 1 rings (SSSR count). The van der Waals surface area contributed by atoms with E-state index in [0.717, 1.165) is 23.5 Å². The highest BCUT2D eigenvalue weighted by atomic mass is 16.5. The minimum atomic E-state index is -0.740. The van der Waals surface area contributed by atoms with Gasteiger partial charge in [0.2, 0.25) is 0 Å². The van der Waals surface area contributed by atoms with Crippen molar-refractivity contribution in [2.24, 2.45) is 5.92 Å². The lowest BCUT2D eigenvalue weighted by molar-refractivity contribution is -0.141. The molecule has 0 spiro atoms. The highest BCUT2D eigenvalue weighted by molar-refractivity contribution is 5.69. The molecule has 0 fully saturated rings. The maximum absolute atomic E-state index is 10.8. The van der Waals surface area contributed by atoms with Gasteiger partial charge in [0.1, 0.15) is 5.75 Å². The molecule has 0 heterocycles. The number of benzene rings is 1. The maximum atomic E-state index is 10.8. The summed E-state index contributed by atoms with van der Waals surface area (Å²) in [6.07, 6.45) is 0.637. The number of rotatable bonds is 7. The molecule has 0 saturated heterocycles. The van der Waals surface area contributed by atoms with E-state index in [0.29, 0.717) is 13.0 Å². The number of carboxylic acid groups (broad SMARTS) is 1. The van der Waals surface area contributed by atoms with Gasteiger partial charge < -0.3 is 14.7 Å². The summed E-state index contributed by atoms with van der Waals surface area (Å²) in [7, 11) is 1.98. The zero-order valence-corrected chi connectivity index (χ0v) is 12.1. The zero-order valence-electron chi connectivity index (χ0n) is 12.1. The number of ether oxygens (including phenoxy) is 1. The van der Waals surface area contributed by atoms with Gasteiger partial charge in [0.05, 0.1) is 12.5 Å². The number of carbonyl (C=O) groups is 1. The van der Waals surface area contributed by atoms with Gasteiger partial charge in [-0.2, -0.15) is 0 Å². The predicted molar refractivity (Wildman–Crippen MR) is 77.0 cm³/mol. The first-order valence-electron chi connectivity index (χ1n) is 6.63. The lowest BCUT2D eigenvalue weighted by Crippen LogP contribution is -2.23. The molecule has 0 radical (unpaired) electrons. The monoisotopic (exact) mass is 265 g/mol. The van der Waals surface area contributed by atoms with E-state index in [2.05, 4.69) is 11.0 Å². The average Bonchev–Trinajstić information content (AvgIpc) is 2.37. The van der Waals surface area contributed by atoms with Gasteiger partial charge >= 0.3 is 5.97 Å². The Bertz CT molecular complexity index is 431. The third-order valence-electron chi connectivity index (χ3n) is 3.22. The maximum Gasteiger partial charge on any atom is 0.306 e. The summed E-state index contributed by atoms with van der Waals surface area (Å²) in [4.78, 5) is 12.9. The van der Waals surface area contributed by atoms with E-state index in [4.69, 9.17) is 9.84 Å². The molecule has 0 aliphatic carbocycles. The fraction of sp³-hybridized carbons (Fsp3) is 0.533. The van der Waals surface area contributed by atoms with Crippen molar-refractivity contribution in [2.45, 2.75) is 27.2 Å². The van der Waals surface area contributed by atoms with E-state index < -0.39 is 5.97 Å². The summed E-state index contributed by atoms with van der Waals surface area (Å²) >= 11 is 0. The predicted octanol–water partition coefficient (Wildman–Crippen LogP) is 2.94. The topological polar surface area (TPSA) is 49.8 Å². The van der Waals surface area contributed by atoms with Crippen molar-refractivity contribution < 1.29 is 14.6 Å². The first kappa shape index (κ1) is 15.3. The lowest BCUT2D eigenvalue weighted by Gasteiger charge is -2.21. The van der Waals surface area contributed by atoms with Gasteiger partial charge in [0, 0.05) is 19.3 Å². The van der Waals surface area contributed by atoms with Crippen LogP contribution < -0.4 is 9.64 Å². The Hall–Kier alpha value is -1.71. The van der Waals surface area contributed by atoms with Crippen LogP contribution in [0.25, 0.3) is 0 Å². The summed E-state index contributed by atoms with van der Waals surface area (Å²) in [5.74, 6) is -0.152. The summed E-state index contributed by atoms with van der Waals surface area (Å²) in [5.41, 5.74) is 2.18. The third kappa shape index (κ3) is 4.47. The van der Waals surface area contributed by atoms with Crippen LogP contribution in [0.15, 0.2) is 18.2 Å². The Balaban J connectivity index is 2.64. The largest absolute Gasteiger partial charge is 0.494 e. The molecule has 0 saturated carbocycles. The molecule has 1 aromatic carbocycles. The molecule has 0 bridgehead atoms. The van der Waals surface area contributed by atoms with Gasteiger partial charge in [-0.3, -0.25) is 4.79 Å². The molecule has 1 N–H and O–H groups in total. The first-order valence-corrected chi connectivity index (χ1v) is 6.63. The standard InChI is InChI=1S/C15H23NO3/c1-5-19-14-7-6-13(10-12(14)3)16(4)9-8-11(2)15(17)18/h6-7,10-11H,5,8-9H2,1-4H3,(H,17,18). The van der Waals surface area contributed by atoms with Crippen molar-refractivity contribution in [3.63, 3.8) is 0 Å². The Morgan fingerprint density at radius 2 is 2.16 bits per heavy atom. The molecule has 0 aromatic heterocycles. The van der Waals surface area contributed by atoms with Crippen LogP contribution in [0, 0.1) is 12.8 Å². The van der Waals surface area contributed by atoms with Crippen LogP contribution in [0.2, 0.25) is 0 Å². The Morgan fingerprint density at radius 1 is 1.47 bits per heavy atom. The normalized spacial score (nSPS) is 12.0. The Kier molecular flexibility index (Phi) is 5.67. The van der Waals surface area contributed by atoms with Gasteiger partial charge in [-0.25, -0.2) is 0 Å². The molecule has 1 aromatic rings. The fourth-order valence-corrected chi connectivity index (χ4v) is 1.83. The number of hydrogen-bond donors (Lipinski definition) is 1. The highest BCUT2D eigenvalue weighted by Crippen LogP contribution is 2.24. The average molecular weight is 265 g/mol. The van der Waals surface area contributed by atoms with Crippen LogP contribution in [0.5, 0.6) is 5.75 Å². The van der Waals surface area contributed by atoms with Crippen LogP contribution in [0.3, 0.4) is 0 Å². The number of hydrogen-bond acceptors (Lipinski definition) is 3. The number of aryl methyl sites for hydroxylation is 1. The molecule has 0 aliphatic rings. The van der Waals surface area contributed by atoms with Crippen LogP contribution >= 0.6 is 0 Å².